The molecule has 2 aromatic rings. The Labute approximate surface area is 106 Å². The van der Waals surface area contributed by atoms with Crippen molar-refractivity contribution in [2.45, 2.75) is 13.3 Å². The quantitative estimate of drug-likeness (QED) is 0.903. The van der Waals surface area contributed by atoms with Crippen LogP contribution in [0.3, 0.4) is 0 Å². The van der Waals surface area contributed by atoms with Crippen LogP contribution in [0.15, 0.2) is 26.0 Å². The minimum absolute atomic E-state index is 0.0722. The van der Waals surface area contributed by atoms with Crippen LogP contribution in [-0.4, -0.2) is 21.7 Å². The number of aliphatic hydroxyl groups excluding tert-OH is 1. The molecule has 0 saturated heterocycles. The third kappa shape index (κ3) is 2.48. The number of H-pyrrole nitrogens is 1. The number of nitrogens with one attached hydrogen (secondary N) is 1. The van der Waals surface area contributed by atoms with E-state index in [1.54, 1.807) is 19.1 Å². The number of hydrogen-bond donors (Lipinski definition) is 2. The van der Waals surface area contributed by atoms with E-state index in [1.807, 2.05) is 0 Å². The maximum Gasteiger partial charge on any atom is 0.254 e. The van der Waals surface area contributed by atoms with Gasteiger partial charge in [0.05, 0.1) is 0 Å². The topological polar surface area (TPSA) is 79.1 Å². The van der Waals surface area contributed by atoms with Crippen molar-refractivity contribution in [1.82, 2.24) is 9.97 Å². The van der Waals surface area contributed by atoms with E-state index in [4.69, 9.17) is 9.52 Å². The number of halogens is 1. The zero-order valence-electron chi connectivity index (χ0n) is 9.16. The normalized spacial score (nSPS) is 10.8. The van der Waals surface area contributed by atoms with Crippen LogP contribution in [0, 0.1) is 6.92 Å². The maximum atomic E-state index is 11.8. The summed E-state index contributed by atoms with van der Waals surface area (Å²) in [5.74, 6) is 0.882. The second kappa shape index (κ2) is 4.85. The Morgan fingerprint density at radius 3 is 2.82 bits per heavy atom. The smallest absolute Gasteiger partial charge is 0.254 e. The molecular weight excluding hydrogens is 288 g/mol. The van der Waals surface area contributed by atoms with Gasteiger partial charge in [-0.1, -0.05) is 0 Å². The van der Waals surface area contributed by atoms with E-state index in [1.165, 1.54) is 0 Å². The Bertz CT molecular complexity index is 589. The lowest BCUT2D eigenvalue weighted by Gasteiger charge is -2.04. The fourth-order valence-electron chi connectivity index (χ4n) is 1.57. The summed E-state index contributed by atoms with van der Waals surface area (Å²) in [5, 5.41) is 8.85. The molecule has 2 heterocycles. The van der Waals surface area contributed by atoms with Gasteiger partial charge in [0.2, 0.25) is 0 Å². The van der Waals surface area contributed by atoms with Crippen LogP contribution < -0.4 is 5.56 Å². The molecule has 0 unspecified atom stereocenters. The summed E-state index contributed by atoms with van der Waals surface area (Å²) in [5.41, 5.74) is 0.862. The van der Waals surface area contributed by atoms with Gasteiger partial charge in [0.25, 0.3) is 5.56 Å². The third-order valence-corrected chi connectivity index (χ3v) is 2.82. The summed E-state index contributed by atoms with van der Waals surface area (Å²) in [6.07, 6.45) is 0.302. The Morgan fingerprint density at radius 2 is 2.29 bits per heavy atom. The number of hydrogen-bond acceptors (Lipinski definition) is 4. The van der Waals surface area contributed by atoms with E-state index in [2.05, 4.69) is 25.9 Å². The predicted octanol–water partition coefficient (Wildman–Crippen LogP) is 1.64. The first-order chi connectivity index (χ1) is 8.11. The molecule has 5 nitrogen and oxygen atoms in total. The molecule has 6 heteroatoms. The number of nitrogens with zero attached hydrogens (tertiary/aromatic N) is 1. The highest BCUT2D eigenvalue weighted by atomic mass is 79.9. The van der Waals surface area contributed by atoms with Crippen LogP contribution in [0.25, 0.3) is 11.6 Å². The van der Waals surface area contributed by atoms with Crippen molar-refractivity contribution in [3.05, 3.63) is 38.4 Å². The summed E-state index contributed by atoms with van der Waals surface area (Å²) in [7, 11) is 0. The van der Waals surface area contributed by atoms with Crippen molar-refractivity contribution in [3.63, 3.8) is 0 Å². The van der Waals surface area contributed by atoms with Gasteiger partial charge in [-0.3, -0.25) is 4.79 Å². The number of furan rings is 1. The van der Waals surface area contributed by atoms with Crippen molar-refractivity contribution >= 4 is 15.9 Å². The summed E-state index contributed by atoms with van der Waals surface area (Å²) >= 11 is 3.19. The Kier molecular flexibility index (Phi) is 3.44. The van der Waals surface area contributed by atoms with Gasteiger partial charge in [0, 0.05) is 24.3 Å². The molecule has 0 aliphatic carbocycles. The van der Waals surface area contributed by atoms with Crippen LogP contribution in [0.5, 0.6) is 0 Å². The number of aryl methyl sites for hydroxylation is 1. The summed E-state index contributed by atoms with van der Waals surface area (Å²) in [6.45, 7) is 1.67. The zero-order valence-corrected chi connectivity index (χ0v) is 10.7. The van der Waals surface area contributed by atoms with Crippen LogP contribution >= 0.6 is 15.9 Å². The number of aromatic nitrogens is 2. The molecule has 0 bridgehead atoms. The minimum Gasteiger partial charge on any atom is -0.446 e. The SMILES string of the molecule is Cc1nc(-c2ccc(Br)o2)[nH]c(=O)c1CCO. The molecule has 0 atom stereocenters. The fraction of sp³-hybridized carbons (Fsp3) is 0.273. The number of rotatable bonds is 3. The lowest BCUT2D eigenvalue weighted by atomic mass is 10.2. The van der Waals surface area contributed by atoms with Crippen molar-refractivity contribution < 1.29 is 9.52 Å². The van der Waals surface area contributed by atoms with E-state index in [-0.39, 0.29) is 12.2 Å². The lowest BCUT2D eigenvalue weighted by molar-refractivity contribution is 0.298. The maximum absolute atomic E-state index is 11.8. The largest absolute Gasteiger partial charge is 0.446 e. The van der Waals surface area contributed by atoms with Crippen molar-refractivity contribution in [1.29, 1.82) is 0 Å². The molecule has 17 heavy (non-hydrogen) atoms. The van der Waals surface area contributed by atoms with Crippen LogP contribution in [0.2, 0.25) is 0 Å². The summed E-state index contributed by atoms with van der Waals surface area (Å²) in [4.78, 5) is 18.7. The molecule has 0 amide bonds. The molecule has 0 aromatic carbocycles. The Balaban J connectivity index is 2.49. The molecule has 90 valence electrons. The van der Waals surface area contributed by atoms with E-state index in [9.17, 15) is 4.79 Å². The molecular formula is C11H11BrN2O3. The fourth-order valence-corrected chi connectivity index (χ4v) is 1.88. The van der Waals surface area contributed by atoms with Gasteiger partial charge in [-0.2, -0.15) is 0 Å². The molecule has 0 aliphatic rings. The van der Waals surface area contributed by atoms with E-state index in [0.29, 0.717) is 33.9 Å². The number of aromatic amines is 1. The van der Waals surface area contributed by atoms with Crippen molar-refractivity contribution in [2.75, 3.05) is 6.61 Å². The third-order valence-electron chi connectivity index (χ3n) is 2.39. The van der Waals surface area contributed by atoms with Gasteiger partial charge in [0.1, 0.15) is 0 Å². The predicted molar refractivity (Wildman–Crippen MR) is 65.8 cm³/mol. The molecule has 2 N–H and O–H groups in total. The second-order valence-electron chi connectivity index (χ2n) is 3.56. The first kappa shape index (κ1) is 12.1. The van der Waals surface area contributed by atoms with Crippen LogP contribution in [0.4, 0.5) is 0 Å². The van der Waals surface area contributed by atoms with Crippen molar-refractivity contribution in [2.24, 2.45) is 0 Å². The average Bonchev–Trinajstić information content (AvgIpc) is 2.70. The van der Waals surface area contributed by atoms with Gasteiger partial charge in [-0.15, -0.1) is 0 Å². The monoisotopic (exact) mass is 298 g/mol. The molecule has 0 spiro atoms. The van der Waals surface area contributed by atoms with Gasteiger partial charge < -0.3 is 14.5 Å². The van der Waals surface area contributed by atoms with E-state index < -0.39 is 0 Å². The van der Waals surface area contributed by atoms with Gasteiger partial charge >= 0.3 is 0 Å². The molecule has 0 radical (unpaired) electrons. The van der Waals surface area contributed by atoms with Gasteiger partial charge in [-0.25, -0.2) is 4.98 Å². The Morgan fingerprint density at radius 1 is 1.53 bits per heavy atom. The van der Waals surface area contributed by atoms with E-state index in [0.717, 1.165) is 0 Å². The average molecular weight is 299 g/mol. The second-order valence-corrected chi connectivity index (χ2v) is 4.34. The van der Waals surface area contributed by atoms with Crippen LogP contribution in [-0.2, 0) is 6.42 Å². The van der Waals surface area contributed by atoms with Crippen molar-refractivity contribution in [3.8, 4) is 11.6 Å². The zero-order chi connectivity index (χ0) is 12.4. The summed E-state index contributed by atoms with van der Waals surface area (Å²) < 4.78 is 5.89. The standard InChI is InChI=1S/C11H11BrN2O3/c1-6-7(4-5-15)11(16)14-10(13-6)8-2-3-9(12)17-8/h2-3,15H,4-5H2,1H3,(H,13,14,16). The highest BCUT2D eigenvalue weighted by Gasteiger charge is 2.11. The minimum atomic E-state index is -0.242. The Hall–Kier alpha value is -1.40. The molecule has 0 aliphatic heterocycles. The molecule has 0 fully saturated rings. The van der Waals surface area contributed by atoms with Crippen LogP contribution in [0.1, 0.15) is 11.3 Å². The van der Waals surface area contributed by atoms with Gasteiger partial charge in [0.15, 0.2) is 16.3 Å². The first-order valence-corrected chi connectivity index (χ1v) is 5.87. The van der Waals surface area contributed by atoms with E-state index >= 15 is 0 Å². The highest BCUT2D eigenvalue weighted by molar-refractivity contribution is 9.10. The van der Waals surface area contributed by atoms with Gasteiger partial charge in [-0.05, 0) is 35.0 Å². The lowest BCUT2D eigenvalue weighted by Crippen LogP contribution is -2.18. The highest BCUT2D eigenvalue weighted by Crippen LogP contribution is 2.21. The summed E-state index contributed by atoms with van der Waals surface area (Å²) in [6, 6.07) is 3.44. The molecule has 2 rings (SSSR count). The molecule has 0 saturated carbocycles. The molecule has 2 aromatic heterocycles. The number of aliphatic hydroxyl groups is 1. The first-order valence-electron chi connectivity index (χ1n) is 5.08.